The lowest BCUT2D eigenvalue weighted by Gasteiger charge is -2.14. The average Bonchev–Trinajstić information content (AvgIpc) is 2.70. The van der Waals surface area contributed by atoms with E-state index in [0.29, 0.717) is 17.2 Å². The van der Waals surface area contributed by atoms with E-state index in [1.54, 1.807) is 6.07 Å². The molecule has 0 aliphatic rings. The monoisotopic (exact) mass is 377 g/mol. The molecule has 0 atom stereocenters. The van der Waals surface area contributed by atoms with E-state index in [9.17, 15) is 14.0 Å². The second-order valence-corrected chi connectivity index (χ2v) is 5.25. The summed E-state index contributed by atoms with van der Waals surface area (Å²) >= 11 is 0. The quantitative estimate of drug-likeness (QED) is 0.636. The molecule has 0 saturated heterocycles. The van der Waals surface area contributed by atoms with Gasteiger partial charge >= 0.3 is 0 Å². The summed E-state index contributed by atoms with van der Waals surface area (Å²) in [7, 11) is 4.30. The van der Waals surface area contributed by atoms with Crippen molar-refractivity contribution in [1.29, 1.82) is 0 Å². The van der Waals surface area contributed by atoms with Crippen molar-refractivity contribution in [1.82, 2.24) is 10.9 Å². The Bertz CT molecular complexity index is 803. The highest BCUT2D eigenvalue weighted by molar-refractivity contribution is 5.97. The fourth-order valence-electron chi connectivity index (χ4n) is 2.24. The molecule has 0 radical (unpaired) electrons. The zero-order valence-corrected chi connectivity index (χ0v) is 15.1. The van der Waals surface area contributed by atoms with Gasteiger partial charge in [0.05, 0.1) is 33.6 Å². The van der Waals surface area contributed by atoms with E-state index < -0.39 is 17.6 Å². The van der Waals surface area contributed by atoms with Crippen LogP contribution in [0.2, 0.25) is 0 Å². The van der Waals surface area contributed by atoms with E-state index in [-0.39, 0.29) is 17.8 Å². The zero-order chi connectivity index (χ0) is 19.8. The zero-order valence-electron chi connectivity index (χ0n) is 15.1. The maximum Gasteiger partial charge on any atom is 0.269 e. The Morgan fingerprint density at radius 3 is 2.15 bits per heavy atom. The minimum absolute atomic E-state index is 0.184. The van der Waals surface area contributed by atoms with Crippen molar-refractivity contribution >= 4 is 17.5 Å². The molecule has 144 valence electrons. The van der Waals surface area contributed by atoms with Crippen LogP contribution >= 0.6 is 0 Å². The van der Waals surface area contributed by atoms with E-state index in [1.807, 2.05) is 0 Å². The number of benzene rings is 2. The van der Waals surface area contributed by atoms with E-state index in [4.69, 9.17) is 14.2 Å². The topological polar surface area (TPSA) is 97.9 Å². The number of anilines is 1. The molecule has 3 N–H and O–H groups in total. The van der Waals surface area contributed by atoms with Gasteiger partial charge < -0.3 is 19.5 Å². The molecule has 0 heterocycles. The summed E-state index contributed by atoms with van der Waals surface area (Å²) in [5.41, 5.74) is 4.87. The maximum absolute atomic E-state index is 13.5. The van der Waals surface area contributed by atoms with Gasteiger partial charge in [-0.05, 0) is 24.3 Å². The number of carbonyl (C=O) groups excluding carboxylic acids is 2. The fraction of sp³-hybridized carbons (Fsp3) is 0.222. The Labute approximate surface area is 155 Å². The molecule has 0 unspecified atom stereocenters. The smallest absolute Gasteiger partial charge is 0.269 e. The van der Waals surface area contributed by atoms with Crippen LogP contribution in [0.1, 0.15) is 10.4 Å². The van der Waals surface area contributed by atoms with E-state index in [0.717, 1.165) is 0 Å². The van der Waals surface area contributed by atoms with Crippen molar-refractivity contribution in [3.8, 4) is 17.2 Å². The number of amides is 2. The molecule has 0 bridgehead atoms. The highest BCUT2D eigenvalue weighted by Gasteiger charge is 2.17. The van der Waals surface area contributed by atoms with E-state index in [2.05, 4.69) is 16.2 Å². The van der Waals surface area contributed by atoms with Crippen molar-refractivity contribution in [3.63, 3.8) is 0 Å². The van der Waals surface area contributed by atoms with Gasteiger partial charge in [0, 0.05) is 5.56 Å². The van der Waals surface area contributed by atoms with E-state index in [1.165, 1.54) is 51.7 Å². The predicted octanol–water partition coefficient (Wildman–Crippen LogP) is 1.72. The van der Waals surface area contributed by atoms with Gasteiger partial charge in [0.1, 0.15) is 5.82 Å². The number of carbonyl (C=O) groups is 2. The summed E-state index contributed by atoms with van der Waals surface area (Å²) in [6.07, 6.45) is 0. The van der Waals surface area contributed by atoms with Crippen LogP contribution in [0.15, 0.2) is 36.4 Å². The van der Waals surface area contributed by atoms with Crippen LogP contribution in [-0.2, 0) is 4.79 Å². The summed E-state index contributed by atoms with van der Waals surface area (Å²) in [6, 6.07) is 8.83. The van der Waals surface area contributed by atoms with Gasteiger partial charge in [-0.15, -0.1) is 0 Å². The first kappa shape index (κ1) is 19.8. The number of rotatable bonds is 7. The van der Waals surface area contributed by atoms with Crippen molar-refractivity contribution in [3.05, 3.63) is 47.8 Å². The molecule has 0 fully saturated rings. The molecule has 8 nitrogen and oxygen atoms in total. The fourth-order valence-corrected chi connectivity index (χ4v) is 2.24. The molecular formula is C18H20FN3O5. The predicted molar refractivity (Wildman–Crippen MR) is 96.6 cm³/mol. The summed E-state index contributed by atoms with van der Waals surface area (Å²) in [5.74, 6) is -0.682. The molecule has 27 heavy (non-hydrogen) atoms. The van der Waals surface area contributed by atoms with Crippen molar-refractivity contribution in [2.24, 2.45) is 0 Å². The number of methoxy groups -OCH3 is 3. The number of para-hydroxylation sites is 1. The molecule has 0 spiro atoms. The van der Waals surface area contributed by atoms with Crippen LogP contribution in [0.25, 0.3) is 0 Å². The van der Waals surface area contributed by atoms with Crippen LogP contribution in [0.3, 0.4) is 0 Å². The average molecular weight is 377 g/mol. The van der Waals surface area contributed by atoms with Crippen LogP contribution in [0.4, 0.5) is 10.1 Å². The van der Waals surface area contributed by atoms with Gasteiger partial charge in [-0.3, -0.25) is 20.4 Å². The first-order chi connectivity index (χ1) is 13.0. The number of hydrogen-bond acceptors (Lipinski definition) is 6. The molecule has 0 aliphatic heterocycles. The molecule has 2 aromatic rings. The Balaban J connectivity index is 1.97. The highest BCUT2D eigenvalue weighted by Crippen LogP contribution is 2.38. The minimum atomic E-state index is -0.589. The second kappa shape index (κ2) is 9.27. The van der Waals surface area contributed by atoms with Gasteiger partial charge in [0.15, 0.2) is 11.5 Å². The first-order valence-corrected chi connectivity index (χ1v) is 7.87. The molecule has 0 aliphatic carbocycles. The third kappa shape index (κ3) is 5.00. The van der Waals surface area contributed by atoms with Gasteiger partial charge in [-0.1, -0.05) is 12.1 Å². The SMILES string of the molecule is COc1cc(C(=O)NNC(=O)CNc2ccccc2F)cc(OC)c1OC. The Hall–Kier alpha value is -3.49. The van der Waals surface area contributed by atoms with Crippen molar-refractivity contribution < 1.29 is 28.2 Å². The summed E-state index contributed by atoms with van der Waals surface area (Å²) in [5, 5.41) is 2.63. The maximum atomic E-state index is 13.5. The highest BCUT2D eigenvalue weighted by atomic mass is 19.1. The van der Waals surface area contributed by atoms with Crippen LogP contribution in [-0.4, -0.2) is 39.7 Å². The minimum Gasteiger partial charge on any atom is -0.493 e. The molecule has 9 heteroatoms. The van der Waals surface area contributed by atoms with Gasteiger partial charge in [-0.25, -0.2) is 4.39 Å². The Morgan fingerprint density at radius 2 is 1.59 bits per heavy atom. The van der Waals surface area contributed by atoms with Gasteiger partial charge in [0.2, 0.25) is 5.75 Å². The van der Waals surface area contributed by atoms with Crippen LogP contribution in [0, 0.1) is 5.82 Å². The lowest BCUT2D eigenvalue weighted by molar-refractivity contribution is -0.120. The largest absolute Gasteiger partial charge is 0.493 e. The molecule has 0 aromatic heterocycles. The summed E-state index contributed by atoms with van der Waals surface area (Å²) in [6.45, 7) is -0.226. The van der Waals surface area contributed by atoms with Crippen LogP contribution in [0.5, 0.6) is 17.2 Å². The van der Waals surface area contributed by atoms with E-state index >= 15 is 0 Å². The normalized spacial score (nSPS) is 9.93. The molecule has 0 saturated carbocycles. The number of nitrogens with one attached hydrogen (secondary N) is 3. The summed E-state index contributed by atoms with van der Waals surface area (Å²) < 4.78 is 29.0. The van der Waals surface area contributed by atoms with Gasteiger partial charge in [0.25, 0.3) is 11.8 Å². The lowest BCUT2D eigenvalue weighted by atomic mass is 10.1. The molecule has 2 amide bonds. The van der Waals surface area contributed by atoms with Crippen LogP contribution < -0.4 is 30.4 Å². The van der Waals surface area contributed by atoms with Crippen molar-refractivity contribution in [2.45, 2.75) is 0 Å². The second-order valence-electron chi connectivity index (χ2n) is 5.25. The third-order valence-electron chi connectivity index (χ3n) is 3.56. The number of hydrogen-bond donors (Lipinski definition) is 3. The Kier molecular flexibility index (Phi) is 6.81. The van der Waals surface area contributed by atoms with Crippen molar-refractivity contribution in [2.75, 3.05) is 33.2 Å². The third-order valence-corrected chi connectivity index (χ3v) is 3.56. The Morgan fingerprint density at radius 1 is 0.963 bits per heavy atom. The molecule has 2 rings (SSSR count). The number of ether oxygens (including phenoxy) is 3. The summed E-state index contributed by atoms with van der Waals surface area (Å²) in [4.78, 5) is 24.1. The lowest BCUT2D eigenvalue weighted by Crippen LogP contribution is -2.44. The molecule has 2 aromatic carbocycles. The number of halogens is 1. The number of hydrazine groups is 1. The first-order valence-electron chi connectivity index (χ1n) is 7.87. The van der Waals surface area contributed by atoms with Gasteiger partial charge in [-0.2, -0.15) is 0 Å². The standard InChI is InChI=1S/C18H20FN3O5/c1-25-14-8-11(9-15(26-2)17(14)27-3)18(24)22-21-16(23)10-20-13-7-5-4-6-12(13)19/h4-9,20H,10H2,1-3H3,(H,21,23)(H,22,24). The molecular weight excluding hydrogens is 357 g/mol.